The second kappa shape index (κ2) is 6.30. The van der Waals surface area contributed by atoms with Crippen molar-refractivity contribution in [3.05, 3.63) is 28.8 Å². The summed E-state index contributed by atoms with van der Waals surface area (Å²) in [5.74, 6) is -0.348. The van der Waals surface area contributed by atoms with Crippen LogP contribution in [-0.4, -0.2) is 26.7 Å². The highest BCUT2D eigenvalue weighted by atomic mass is 35.5. The summed E-state index contributed by atoms with van der Waals surface area (Å²) in [6.45, 7) is 1.27. The smallest absolute Gasteiger partial charge is 0.396 e. The zero-order valence-electron chi connectivity index (χ0n) is 10.4. The summed E-state index contributed by atoms with van der Waals surface area (Å²) in [6.07, 6.45) is -4.74. The highest BCUT2D eigenvalue weighted by Gasteiger charge is 2.34. The van der Waals surface area contributed by atoms with Crippen molar-refractivity contribution in [2.24, 2.45) is 5.92 Å². The Morgan fingerprint density at radius 1 is 1.40 bits per heavy atom. The molecule has 0 aliphatic heterocycles. The van der Waals surface area contributed by atoms with E-state index in [0.717, 1.165) is 12.1 Å². The summed E-state index contributed by atoms with van der Waals surface area (Å²) in [5.41, 5.74) is -1.21. The molecule has 0 heterocycles. The Morgan fingerprint density at radius 3 is 2.50 bits per heavy atom. The van der Waals surface area contributed by atoms with Crippen LogP contribution in [0.15, 0.2) is 23.1 Å². The highest BCUT2D eigenvalue weighted by Crippen LogP contribution is 2.35. The number of rotatable bonds is 5. The molecular formula is C11H13ClF3NO3S. The van der Waals surface area contributed by atoms with Gasteiger partial charge in [0.2, 0.25) is 10.0 Å². The third-order valence-corrected chi connectivity index (χ3v) is 4.24. The van der Waals surface area contributed by atoms with E-state index in [-0.39, 0.29) is 19.1 Å². The van der Waals surface area contributed by atoms with Crippen LogP contribution in [0.4, 0.5) is 13.2 Å². The van der Waals surface area contributed by atoms with E-state index in [2.05, 4.69) is 4.72 Å². The van der Waals surface area contributed by atoms with Gasteiger partial charge in [0.15, 0.2) is 0 Å². The van der Waals surface area contributed by atoms with Crippen molar-refractivity contribution < 1.29 is 26.7 Å². The molecule has 0 saturated carbocycles. The minimum Gasteiger partial charge on any atom is -0.396 e. The molecule has 0 amide bonds. The van der Waals surface area contributed by atoms with E-state index in [1.54, 1.807) is 6.92 Å². The standard InChI is InChI=1S/C11H13ClF3NO3S/c1-7(6-17)5-16-20(18,19)8-2-3-10(12)9(4-8)11(13,14)15/h2-4,7,16-17H,5-6H2,1H3. The minimum atomic E-state index is -4.74. The van der Waals surface area contributed by atoms with E-state index in [4.69, 9.17) is 16.7 Å². The van der Waals surface area contributed by atoms with Crippen LogP contribution in [0.2, 0.25) is 5.02 Å². The second-order valence-corrected chi connectivity index (χ2v) is 6.45. The second-order valence-electron chi connectivity index (χ2n) is 4.28. The van der Waals surface area contributed by atoms with Crippen LogP contribution < -0.4 is 4.72 Å². The van der Waals surface area contributed by atoms with Crippen molar-refractivity contribution in [1.29, 1.82) is 0 Å². The number of halogens is 4. The number of nitrogens with one attached hydrogen (secondary N) is 1. The van der Waals surface area contributed by atoms with Gasteiger partial charge in [-0.05, 0) is 24.1 Å². The number of hydrogen-bond donors (Lipinski definition) is 2. The van der Waals surface area contributed by atoms with Gasteiger partial charge in [0, 0.05) is 13.2 Å². The van der Waals surface area contributed by atoms with E-state index < -0.39 is 31.7 Å². The van der Waals surface area contributed by atoms with Crippen LogP contribution >= 0.6 is 11.6 Å². The summed E-state index contributed by atoms with van der Waals surface area (Å²) in [7, 11) is -4.08. The Labute approximate surface area is 119 Å². The van der Waals surface area contributed by atoms with Gasteiger partial charge in [-0.2, -0.15) is 13.2 Å². The summed E-state index contributed by atoms with van der Waals surface area (Å²) in [4.78, 5) is -0.528. The van der Waals surface area contributed by atoms with Crippen LogP contribution in [0, 0.1) is 5.92 Å². The lowest BCUT2D eigenvalue weighted by atomic mass is 10.2. The highest BCUT2D eigenvalue weighted by molar-refractivity contribution is 7.89. The van der Waals surface area contributed by atoms with Gasteiger partial charge in [-0.25, -0.2) is 13.1 Å². The molecule has 0 radical (unpaired) electrons. The lowest BCUT2D eigenvalue weighted by Gasteiger charge is -2.13. The maximum absolute atomic E-state index is 12.7. The molecule has 2 N–H and O–H groups in total. The van der Waals surface area contributed by atoms with Gasteiger partial charge in [-0.15, -0.1) is 0 Å². The molecule has 1 atom stereocenters. The van der Waals surface area contributed by atoms with Gasteiger partial charge >= 0.3 is 6.18 Å². The average Bonchev–Trinajstić information content (AvgIpc) is 2.34. The van der Waals surface area contributed by atoms with Crippen molar-refractivity contribution in [2.75, 3.05) is 13.2 Å². The summed E-state index contributed by atoms with van der Waals surface area (Å²) in [6, 6.07) is 2.35. The molecule has 9 heteroatoms. The molecule has 1 aromatic rings. The van der Waals surface area contributed by atoms with Crippen molar-refractivity contribution >= 4 is 21.6 Å². The molecule has 0 aliphatic carbocycles. The summed E-state index contributed by atoms with van der Waals surface area (Å²) in [5, 5.41) is 8.22. The van der Waals surface area contributed by atoms with Gasteiger partial charge in [0.1, 0.15) is 0 Å². The van der Waals surface area contributed by atoms with E-state index in [1.165, 1.54) is 0 Å². The molecule has 0 saturated heterocycles. The lowest BCUT2D eigenvalue weighted by molar-refractivity contribution is -0.137. The normalized spacial score (nSPS) is 14.3. The lowest BCUT2D eigenvalue weighted by Crippen LogP contribution is -2.29. The van der Waals surface area contributed by atoms with Crippen LogP contribution in [-0.2, 0) is 16.2 Å². The molecule has 0 bridgehead atoms. The van der Waals surface area contributed by atoms with Crippen molar-refractivity contribution in [3.8, 4) is 0 Å². The molecular weight excluding hydrogens is 319 g/mol. The van der Waals surface area contributed by atoms with Gasteiger partial charge in [-0.1, -0.05) is 18.5 Å². The van der Waals surface area contributed by atoms with E-state index >= 15 is 0 Å². The molecule has 1 unspecified atom stereocenters. The fraction of sp³-hybridized carbons (Fsp3) is 0.455. The number of aliphatic hydroxyl groups is 1. The Balaban J connectivity index is 3.08. The number of hydrogen-bond acceptors (Lipinski definition) is 3. The predicted octanol–water partition coefficient (Wildman–Crippen LogP) is 2.27. The van der Waals surface area contributed by atoms with Gasteiger partial charge in [0.05, 0.1) is 15.5 Å². The Morgan fingerprint density at radius 2 is 2.00 bits per heavy atom. The molecule has 114 valence electrons. The van der Waals surface area contributed by atoms with Crippen LogP contribution in [0.3, 0.4) is 0 Å². The van der Waals surface area contributed by atoms with Crippen molar-refractivity contribution in [1.82, 2.24) is 4.72 Å². The first-order valence-electron chi connectivity index (χ1n) is 5.55. The summed E-state index contributed by atoms with van der Waals surface area (Å²) >= 11 is 5.41. The zero-order valence-corrected chi connectivity index (χ0v) is 12.0. The number of benzene rings is 1. The first-order chi connectivity index (χ1) is 9.08. The van der Waals surface area contributed by atoms with Crippen LogP contribution in [0.5, 0.6) is 0 Å². The van der Waals surface area contributed by atoms with Gasteiger partial charge in [0.25, 0.3) is 0 Å². The van der Waals surface area contributed by atoms with Crippen molar-refractivity contribution in [2.45, 2.75) is 18.0 Å². The SMILES string of the molecule is CC(CO)CNS(=O)(=O)c1ccc(Cl)c(C(F)(F)F)c1. The Kier molecular flexibility index (Phi) is 5.42. The van der Waals surface area contributed by atoms with Gasteiger partial charge < -0.3 is 5.11 Å². The van der Waals surface area contributed by atoms with E-state index in [9.17, 15) is 21.6 Å². The maximum Gasteiger partial charge on any atom is 0.417 e. The third kappa shape index (κ3) is 4.34. The fourth-order valence-electron chi connectivity index (χ4n) is 1.29. The van der Waals surface area contributed by atoms with Gasteiger partial charge in [-0.3, -0.25) is 0 Å². The zero-order chi connectivity index (χ0) is 15.6. The Hall–Kier alpha value is -0.830. The number of aliphatic hydroxyl groups excluding tert-OH is 1. The topological polar surface area (TPSA) is 66.4 Å². The molecule has 1 aromatic carbocycles. The monoisotopic (exact) mass is 331 g/mol. The quantitative estimate of drug-likeness (QED) is 0.869. The Bertz CT molecular complexity index is 575. The summed E-state index contributed by atoms with van der Waals surface area (Å²) < 4.78 is 63.8. The predicted molar refractivity (Wildman–Crippen MR) is 67.9 cm³/mol. The molecule has 4 nitrogen and oxygen atoms in total. The van der Waals surface area contributed by atoms with Crippen molar-refractivity contribution in [3.63, 3.8) is 0 Å². The van der Waals surface area contributed by atoms with E-state index in [0.29, 0.717) is 6.07 Å². The minimum absolute atomic E-state index is 0.0805. The average molecular weight is 332 g/mol. The number of sulfonamides is 1. The van der Waals surface area contributed by atoms with Crippen LogP contribution in [0.25, 0.3) is 0 Å². The third-order valence-electron chi connectivity index (χ3n) is 2.49. The molecule has 1 rings (SSSR count). The molecule has 0 aromatic heterocycles. The fourth-order valence-corrected chi connectivity index (χ4v) is 2.70. The van der Waals surface area contributed by atoms with Crippen LogP contribution in [0.1, 0.15) is 12.5 Å². The molecule has 0 spiro atoms. The van der Waals surface area contributed by atoms with E-state index in [1.807, 2.05) is 0 Å². The maximum atomic E-state index is 12.7. The molecule has 0 fully saturated rings. The molecule has 20 heavy (non-hydrogen) atoms. The first-order valence-corrected chi connectivity index (χ1v) is 7.41. The largest absolute Gasteiger partial charge is 0.417 e. The number of alkyl halides is 3. The molecule has 0 aliphatic rings. The first kappa shape index (κ1) is 17.2.